The van der Waals surface area contributed by atoms with Gasteiger partial charge in [-0.25, -0.2) is 4.39 Å². The van der Waals surface area contributed by atoms with Crippen LogP contribution in [0.25, 0.3) is 0 Å². The Labute approximate surface area is 165 Å². The second-order valence-corrected chi connectivity index (χ2v) is 7.89. The van der Waals surface area contributed by atoms with Crippen molar-refractivity contribution < 1.29 is 13.9 Å². The van der Waals surface area contributed by atoms with Crippen LogP contribution in [0, 0.1) is 29.5 Å². The number of hydrogen-bond acceptors (Lipinski definition) is 4. The van der Waals surface area contributed by atoms with Crippen LogP contribution >= 0.6 is 0 Å². The third-order valence-electron chi connectivity index (χ3n) is 5.82. The summed E-state index contributed by atoms with van der Waals surface area (Å²) in [4.78, 5) is 14.2. The quantitative estimate of drug-likeness (QED) is 0.794. The van der Waals surface area contributed by atoms with Crippen molar-refractivity contribution in [1.82, 2.24) is 10.2 Å². The number of likely N-dealkylation sites (tertiary alicyclic amines) is 1. The molecule has 0 unspecified atom stereocenters. The Morgan fingerprint density at radius 1 is 1.36 bits per heavy atom. The normalized spacial score (nSPS) is 29.7. The Morgan fingerprint density at radius 2 is 2.07 bits per heavy atom. The number of terminal acetylenes is 1. The molecule has 0 bridgehead atoms. The van der Waals surface area contributed by atoms with E-state index in [2.05, 4.69) is 24.2 Å². The van der Waals surface area contributed by atoms with Gasteiger partial charge in [-0.1, -0.05) is 12.0 Å². The van der Waals surface area contributed by atoms with Crippen LogP contribution in [0.4, 0.5) is 4.39 Å². The molecule has 148 valence electrons. The molecule has 2 atom stereocenters. The molecule has 1 aliphatic carbocycles. The zero-order valence-corrected chi connectivity index (χ0v) is 16.2. The van der Waals surface area contributed by atoms with Gasteiger partial charge in [0.1, 0.15) is 17.6 Å². The first-order valence-corrected chi connectivity index (χ1v) is 9.78. The molecule has 5 nitrogen and oxygen atoms in total. The summed E-state index contributed by atoms with van der Waals surface area (Å²) in [5.41, 5.74) is -0.176. The number of nitrogens with zero attached hydrogens (tertiary/aromatic N) is 2. The third kappa shape index (κ3) is 4.64. The van der Waals surface area contributed by atoms with Gasteiger partial charge in [-0.15, -0.1) is 6.42 Å². The highest BCUT2D eigenvalue weighted by molar-refractivity contribution is 5.80. The summed E-state index contributed by atoms with van der Waals surface area (Å²) in [6.07, 6.45) is 10.2. The first kappa shape index (κ1) is 20.2. The summed E-state index contributed by atoms with van der Waals surface area (Å²) in [7, 11) is 0. The molecule has 1 amide bonds. The zero-order chi connectivity index (χ0) is 20.1. The SMILES string of the molecule is C#C[C@H]1CC[C@@H](C#N)N1C(=O)CN[C@]1(C)CC[C@@H](Oc2cccc(F)c2)CC1. The first-order chi connectivity index (χ1) is 13.4. The summed E-state index contributed by atoms with van der Waals surface area (Å²) in [5.74, 6) is 2.75. The number of benzene rings is 1. The van der Waals surface area contributed by atoms with Gasteiger partial charge in [0.15, 0.2) is 0 Å². The Morgan fingerprint density at radius 3 is 2.71 bits per heavy atom. The van der Waals surface area contributed by atoms with Crippen molar-refractivity contribution >= 4 is 5.91 Å². The van der Waals surface area contributed by atoms with Gasteiger partial charge in [-0.3, -0.25) is 4.79 Å². The standard InChI is InChI=1S/C22H26FN3O2/c1-3-17-7-8-18(14-24)26(17)21(27)15-25-22(2)11-9-19(10-12-22)28-20-6-4-5-16(23)13-20/h1,4-6,13,17-19,25H,7-12,15H2,2H3/t17-,18-,19-,22-/m0/s1. The van der Waals surface area contributed by atoms with Crippen molar-refractivity contribution in [2.45, 2.75) is 69.2 Å². The minimum atomic E-state index is -0.432. The highest BCUT2D eigenvalue weighted by Crippen LogP contribution is 2.31. The highest BCUT2D eigenvalue weighted by Gasteiger charge is 2.37. The minimum Gasteiger partial charge on any atom is -0.490 e. The van der Waals surface area contributed by atoms with Gasteiger partial charge < -0.3 is 15.0 Å². The molecule has 0 radical (unpaired) electrons. The first-order valence-electron chi connectivity index (χ1n) is 9.78. The summed E-state index contributed by atoms with van der Waals surface area (Å²) in [6.45, 7) is 2.27. The fourth-order valence-electron chi connectivity index (χ4n) is 4.09. The molecule has 1 aromatic rings. The minimum absolute atomic E-state index is 0.0414. The summed E-state index contributed by atoms with van der Waals surface area (Å²) in [5, 5.41) is 12.6. The molecule has 3 rings (SSSR count). The lowest BCUT2D eigenvalue weighted by Gasteiger charge is -2.38. The summed E-state index contributed by atoms with van der Waals surface area (Å²) >= 11 is 0. The molecule has 0 spiro atoms. The number of halogens is 1. The molecule has 6 heteroatoms. The molecule has 1 N–H and O–H groups in total. The van der Waals surface area contributed by atoms with Crippen LogP contribution in [0.15, 0.2) is 24.3 Å². The molecule has 0 aromatic heterocycles. The van der Waals surface area contributed by atoms with Crippen molar-refractivity contribution in [3.05, 3.63) is 30.1 Å². The van der Waals surface area contributed by atoms with E-state index < -0.39 is 6.04 Å². The smallest absolute Gasteiger partial charge is 0.238 e. The Hall–Kier alpha value is -2.57. The fraction of sp³-hybridized carbons (Fsp3) is 0.545. The van der Waals surface area contributed by atoms with E-state index in [1.54, 1.807) is 17.0 Å². The van der Waals surface area contributed by atoms with Crippen molar-refractivity contribution in [1.29, 1.82) is 5.26 Å². The van der Waals surface area contributed by atoms with Crippen LogP contribution in [0.2, 0.25) is 0 Å². The average Bonchev–Trinajstić information content (AvgIpc) is 3.11. The Balaban J connectivity index is 1.50. The monoisotopic (exact) mass is 383 g/mol. The molecule has 1 aromatic carbocycles. The molecule has 1 aliphatic heterocycles. The molecule has 1 heterocycles. The van der Waals surface area contributed by atoms with Crippen LogP contribution in [-0.4, -0.2) is 41.1 Å². The van der Waals surface area contributed by atoms with Crippen molar-refractivity contribution in [2.75, 3.05) is 6.54 Å². The number of hydrogen-bond donors (Lipinski definition) is 1. The van der Waals surface area contributed by atoms with E-state index in [1.807, 2.05) is 0 Å². The maximum Gasteiger partial charge on any atom is 0.238 e. The predicted molar refractivity (Wildman–Crippen MR) is 104 cm³/mol. The number of rotatable bonds is 5. The van der Waals surface area contributed by atoms with Crippen LogP contribution < -0.4 is 10.1 Å². The van der Waals surface area contributed by atoms with Crippen LogP contribution in [0.3, 0.4) is 0 Å². The summed E-state index contributed by atoms with van der Waals surface area (Å²) < 4.78 is 19.2. The molecule has 1 saturated carbocycles. The molecule has 2 aliphatic rings. The van der Waals surface area contributed by atoms with Gasteiger partial charge in [-0.2, -0.15) is 5.26 Å². The molecular formula is C22H26FN3O2. The fourth-order valence-corrected chi connectivity index (χ4v) is 4.09. The highest BCUT2D eigenvalue weighted by atomic mass is 19.1. The molecule has 1 saturated heterocycles. The number of ether oxygens (including phenoxy) is 1. The third-order valence-corrected chi connectivity index (χ3v) is 5.82. The molecule has 28 heavy (non-hydrogen) atoms. The van der Waals surface area contributed by atoms with E-state index >= 15 is 0 Å². The van der Waals surface area contributed by atoms with Crippen molar-refractivity contribution in [2.24, 2.45) is 0 Å². The second-order valence-electron chi connectivity index (χ2n) is 7.89. The van der Waals surface area contributed by atoms with E-state index in [0.29, 0.717) is 18.6 Å². The Kier molecular flexibility index (Phi) is 6.21. The lowest BCUT2D eigenvalue weighted by atomic mass is 9.82. The molecule has 2 fully saturated rings. The zero-order valence-electron chi connectivity index (χ0n) is 16.2. The maximum absolute atomic E-state index is 13.3. The topological polar surface area (TPSA) is 65.4 Å². The van der Waals surface area contributed by atoms with E-state index in [-0.39, 0.29) is 36.0 Å². The number of carbonyl (C=O) groups is 1. The predicted octanol–water partition coefficient (Wildman–Crippen LogP) is 3.01. The number of nitrogens with one attached hydrogen (secondary N) is 1. The average molecular weight is 383 g/mol. The van der Waals surface area contributed by atoms with E-state index in [9.17, 15) is 14.4 Å². The van der Waals surface area contributed by atoms with Crippen molar-refractivity contribution in [3.63, 3.8) is 0 Å². The largest absolute Gasteiger partial charge is 0.490 e. The van der Waals surface area contributed by atoms with Gasteiger partial charge in [0.25, 0.3) is 0 Å². The Bertz CT molecular complexity index is 768. The van der Waals surface area contributed by atoms with Gasteiger partial charge in [0.05, 0.1) is 24.8 Å². The second kappa shape index (κ2) is 8.63. The van der Waals surface area contributed by atoms with Crippen molar-refractivity contribution in [3.8, 4) is 24.2 Å². The van der Waals surface area contributed by atoms with Crippen LogP contribution in [0.1, 0.15) is 45.4 Å². The van der Waals surface area contributed by atoms with Gasteiger partial charge in [0, 0.05) is 11.6 Å². The van der Waals surface area contributed by atoms with E-state index in [4.69, 9.17) is 11.2 Å². The van der Waals surface area contributed by atoms with Gasteiger partial charge in [0.2, 0.25) is 5.91 Å². The number of nitriles is 1. The lowest BCUT2D eigenvalue weighted by molar-refractivity contribution is -0.131. The lowest BCUT2D eigenvalue weighted by Crippen LogP contribution is -2.52. The van der Waals surface area contributed by atoms with Gasteiger partial charge >= 0.3 is 0 Å². The molecular weight excluding hydrogens is 357 g/mol. The maximum atomic E-state index is 13.3. The van der Waals surface area contributed by atoms with Crippen LogP contribution in [0.5, 0.6) is 5.75 Å². The number of amides is 1. The van der Waals surface area contributed by atoms with E-state index in [0.717, 1.165) is 25.7 Å². The summed E-state index contributed by atoms with van der Waals surface area (Å²) in [6, 6.07) is 7.65. The van der Waals surface area contributed by atoms with Crippen LogP contribution in [-0.2, 0) is 4.79 Å². The van der Waals surface area contributed by atoms with Gasteiger partial charge in [-0.05, 0) is 57.6 Å². The number of carbonyl (C=O) groups excluding carboxylic acids is 1. The van der Waals surface area contributed by atoms with E-state index in [1.165, 1.54) is 12.1 Å².